The Hall–Kier alpha value is -8.85. The lowest BCUT2D eigenvalue weighted by molar-refractivity contribution is 0.0600. The molecule has 0 heterocycles. The van der Waals surface area contributed by atoms with Gasteiger partial charge in [0.25, 0.3) is 0 Å². The van der Waals surface area contributed by atoms with E-state index in [1.807, 2.05) is 6.07 Å². The molecule has 0 spiro atoms. The normalized spacial score (nSPS) is 20.5. The summed E-state index contributed by atoms with van der Waals surface area (Å²) < 4.78 is 5.48. The number of hydrogen-bond acceptors (Lipinski definition) is 2. The van der Waals surface area contributed by atoms with Crippen molar-refractivity contribution < 1.29 is 9.53 Å². The van der Waals surface area contributed by atoms with Gasteiger partial charge in [-0.2, -0.15) is 0 Å². The van der Waals surface area contributed by atoms with Gasteiger partial charge >= 0.3 is 5.97 Å². The van der Waals surface area contributed by atoms with Crippen LogP contribution in [0.4, 0.5) is 0 Å². The van der Waals surface area contributed by atoms with E-state index < -0.39 is 0 Å². The summed E-state index contributed by atoms with van der Waals surface area (Å²) in [5, 5.41) is 87.9. The van der Waals surface area contributed by atoms with Crippen LogP contribution in [0.2, 0.25) is 0 Å². The highest BCUT2D eigenvalue weighted by atomic mass is 16.5. The summed E-state index contributed by atoms with van der Waals surface area (Å²) in [6, 6.07) is 8.70. The quantitative estimate of drug-likeness (QED) is 0.131. The van der Waals surface area contributed by atoms with Crippen molar-refractivity contribution in [1.29, 1.82) is 0 Å². The average Bonchev–Trinajstić information content (AvgIpc) is 4.39. The molecule has 0 amide bonds. The van der Waals surface area contributed by atoms with Crippen molar-refractivity contribution in [2.24, 2.45) is 0 Å². The van der Waals surface area contributed by atoms with E-state index in [1.54, 1.807) is 313 Å². The summed E-state index contributed by atoms with van der Waals surface area (Å²) in [6.45, 7) is 0. The molecule has 29 aromatic rings. The highest BCUT2D eigenvalue weighted by Crippen LogP contribution is 2.83. The monoisotopic (exact) mass is 870 g/mol. The van der Waals surface area contributed by atoms with Gasteiger partial charge in [0.1, 0.15) is 0 Å². The fourth-order valence-electron chi connectivity index (χ4n) is 24.9. The molecule has 71 heavy (non-hydrogen) atoms. The number of methoxy groups -OCH3 is 1. The Morgan fingerprint density at radius 2 is 0.563 bits per heavy atom. The SMILES string of the molecule is COC(=O)c1cccc(CC23c4c5c6c7c8c9c(c%10c%11c2c2c4c4c%12c5c5c6c6c8c8c%13c9c9c%10c%10c%11c%11c2c2c4c4c%12c%12c5c5c6c8c6c8c%13c9c9c%10c%10c%11c2c2c4c4c%12c5c6c5c8c9c%10c2c45)C73)c1. The second kappa shape index (κ2) is 6.18. The van der Waals surface area contributed by atoms with Crippen LogP contribution in [0.3, 0.4) is 0 Å². The first-order chi connectivity index (χ1) is 35.3. The van der Waals surface area contributed by atoms with Crippen molar-refractivity contribution in [3.8, 4) is 0 Å². The number of carbonyl (C=O) groups is 1. The molecule has 0 aromatic heterocycles. The second-order valence-corrected chi connectivity index (χ2v) is 25.6. The molecule has 2 nitrogen and oxygen atoms in total. The topological polar surface area (TPSA) is 26.3 Å². The van der Waals surface area contributed by atoms with Crippen molar-refractivity contribution in [3.63, 3.8) is 0 Å². The molecule has 2 heteroatoms. The van der Waals surface area contributed by atoms with Crippen molar-refractivity contribution in [1.82, 2.24) is 0 Å². The van der Waals surface area contributed by atoms with E-state index in [9.17, 15) is 4.79 Å². The van der Waals surface area contributed by atoms with Crippen molar-refractivity contribution in [3.05, 3.63) is 57.6 Å². The maximum absolute atomic E-state index is 13.6. The maximum atomic E-state index is 13.6. The van der Waals surface area contributed by atoms with Gasteiger partial charge in [0, 0.05) is 11.3 Å². The van der Waals surface area contributed by atoms with Crippen LogP contribution in [0.5, 0.6) is 0 Å². The van der Waals surface area contributed by atoms with E-state index in [0.717, 1.165) is 6.42 Å². The number of rotatable bonds is 3. The zero-order valence-electron chi connectivity index (χ0n) is 36.4. The van der Waals surface area contributed by atoms with Crippen molar-refractivity contribution >= 4 is 297 Å². The first-order valence-electron chi connectivity index (χ1n) is 26.2. The smallest absolute Gasteiger partial charge is 0.337 e. The number of carbonyl (C=O) groups excluding carboxylic acids is 1. The highest BCUT2D eigenvalue weighted by molar-refractivity contribution is 6.82. The van der Waals surface area contributed by atoms with Gasteiger partial charge in [-0.05, 0) is 337 Å². The first kappa shape index (κ1) is 26.8. The lowest BCUT2D eigenvalue weighted by atomic mass is 9.55. The number of ether oxygens (including phenoxy) is 1. The molecule has 0 saturated carbocycles. The minimum atomic E-state index is -0.361. The first-order valence-corrected chi connectivity index (χ1v) is 26.2. The predicted octanol–water partition coefficient (Wildman–Crippen LogP) is 18.2. The van der Waals surface area contributed by atoms with Crippen LogP contribution >= 0.6 is 0 Å². The fourth-order valence-corrected chi connectivity index (χ4v) is 24.9. The predicted molar refractivity (Wildman–Crippen MR) is 296 cm³/mol. The summed E-state index contributed by atoms with van der Waals surface area (Å²) in [5.41, 5.74) is 8.26. The lowest BCUT2D eigenvalue weighted by Gasteiger charge is -2.45. The Morgan fingerprint density at radius 1 is 0.338 bits per heavy atom. The Balaban J connectivity index is 1.13. The lowest BCUT2D eigenvalue weighted by Crippen LogP contribution is -2.39. The summed E-state index contributed by atoms with van der Waals surface area (Å²) in [5.74, 6) is -0.0694. The molecule has 0 saturated heterocycles. The van der Waals surface area contributed by atoms with Gasteiger partial charge in [-0.25, -0.2) is 4.79 Å². The highest BCUT2D eigenvalue weighted by Gasteiger charge is 2.63. The molecule has 4 aliphatic rings. The van der Waals surface area contributed by atoms with Gasteiger partial charge in [-0.1, -0.05) is 12.1 Å². The summed E-state index contributed by atoms with van der Waals surface area (Å²) in [6.07, 6.45) is 0.859. The summed E-state index contributed by atoms with van der Waals surface area (Å²) >= 11 is 0. The molecule has 0 unspecified atom stereocenters. The number of esters is 1. The van der Waals surface area contributed by atoms with Gasteiger partial charge in [0.2, 0.25) is 0 Å². The van der Waals surface area contributed by atoms with Gasteiger partial charge in [0.15, 0.2) is 0 Å². The minimum Gasteiger partial charge on any atom is -0.465 e. The molecule has 0 atom stereocenters. The third-order valence-corrected chi connectivity index (χ3v) is 25.1. The molecule has 0 N–H and O–H groups in total. The third-order valence-electron chi connectivity index (χ3n) is 25.1. The van der Waals surface area contributed by atoms with E-state index in [1.165, 1.54) is 12.7 Å². The molecule has 0 fully saturated rings. The molecular weight excluding hydrogens is 861 g/mol. The minimum absolute atomic E-state index is 0.176. The van der Waals surface area contributed by atoms with Crippen LogP contribution in [-0.2, 0) is 16.6 Å². The van der Waals surface area contributed by atoms with Crippen LogP contribution in [0.15, 0.2) is 24.3 Å². The average molecular weight is 871 g/mol. The largest absolute Gasteiger partial charge is 0.465 e. The second-order valence-electron chi connectivity index (χ2n) is 25.6. The van der Waals surface area contributed by atoms with Crippen molar-refractivity contribution in [2.75, 3.05) is 7.11 Å². The Morgan fingerprint density at radius 3 is 0.831 bits per heavy atom. The van der Waals surface area contributed by atoms with Gasteiger partial charge in [-0.15, -0.1) is 0 Å². The van der Waals surface area contributed by atoms with Gasteiger partial charge in [0.05, 0.1) is 12.7 Å². The Kier molecular flexibility index (Phi) is 2.33. The Bertz CT molecular complexity index is 7210. The molecule has 29 aromatic carbocycles. The van der Waals surface area contributed by atoms with Crippen LogP contribution in [0.25, 0.3) is 291 Å². The van der Waals surface area contributed by atoms with E-state index in [2.05, 4.69) is 18.2 Å². The zero-order chi connectivity index (χ0) is 42.5. The zero-order valence-corrected chi connectivity index (χ0v) is 36.4. The van der Waals surface area contributed by atoms with Crippen molar-refractivity contribution in [2.45, 2.75) is 17.8 Å². The van der Waals surface area contributed by atoms with E-state index >= 15 is 0 Å². The summed E-state index contributed by atoms with van der Waals surface area (Å²) in [4.78, 5) is 13.6. The number of hydrogen-bond donors (Lipinski definition) is 0. The van der Waals surface area contributed by atoms with Crippen LogP contribution in [0.1, 0.15) is 44.1 Å². The Labute approximate surface area is 386 Å². The van der Waals surface area contributed by atoms with Crippen LogP contribution in [-0.4, -0.2) is 13.1 Å². The molecule has 298 valence electrons. The molecule has 4 aliphatic carbocycles. The molecule has 0 radical (unpaired) electrons. The molecular formula is C69H10O2. The maximum Gasteiger partial charge on any atom is 0.337 e. The van der Waals surface area contributed by atoms with Crippen LogP contribution in [0, 0.1) is 0 Å². The molecule has 0 bridgehead atoms. The third kappa shape index (κ3) is 1.50. The van der Waals surface area contributed by atoms with Gasteiger partial charge in [-0.3, -0.25) is 0 Å². The van der Waals surface area contributed by atoms with Gasteiger partial charge < -0.3 is 4.74 Å². The standard InChI is InChI=1S/C69H10O2/c1-71-68(70)8-4-2-3-7(5-8)6-69-65-61-55-41-33-25-13-10-9-11-14(13)26-28-24-18(11)20-16-12(9)15-19-17(10)23-27(25)39(41)47-45-31(23)29(19)37-35-21(15)22(16)36-38-30(20)32(24)46-48-40(28)42(34(26)33)56(55)62(65)58(48)60-52(46)50(38)54-44(36)43(35)53-49(37)51(45)59(57(47)61)66(69)63(53)64(54)67(60)69/h2-5,65H,6H2,1H3. The summed E-state index contributed by atoms with van der Waals surface area (Å²) in [7, 11) is 1.54. The molecule has 0 aliphatic heterocycles. The van der Waals surface area contributed by atoms with Crippen LogP contribution < -0.4 is 0 Å². The fraction of sp³-hybridized carbons (Fsp3) is 0.0580. The van der Waals surface area contributed by atoms with E-state index in [0.29, 0.717) is 5.56 Å². The van der Waals surface area contributed by atoms with E-state index in [-0.39, 0.29) is 17.3 Å². The number of benzene rings is 19. The molecule has 33 rings (SSSR count). The van der Waals surface area contributed by atoms with E-state index in [4.69, 9.17) is 4.74 Å².